The molecule has 1 atom stereocenters. The van der Waals surface area contributed by atoms with Crippen molar-refractivity contribution in [3.05, 3.63) is 22.4 Å². The summed E-state index contributed by atoms with van der Waals surface area (Å²) in [6.07, 6.45) is 6.47. The molecule has 1 aromatic heterocycles. The largest absolute Gasteiger partial charge is 0.496 e. The van der Waals surface area contributed by atoms with E-state index in [1.165, 1.54) is 16.4 Å². The van der Waals surface area contributed by atoms with Crippen molar-refractivity contribution in [3.63, 3.8) is 0 Å². The standard InChI is InChI=1S/C12H19N3OS/c1-3-6-9-12(17-15-14-9)11(13-2)10-7-4-5-8-16-10/h7,11,13H,3-6,8H2,1-2H3. The lowest BCUT2D eigenvalue weighted by Crippen LogP contribution is -2.22. The summed E-state index contributed by atoms with van der Waals surface area (Å²) >= 11 is 1.47. The molecule has 0 spiro atoms. The van der Waals surface area contributed by atoms with Gasteiger partial charge in [0.25, 0.3) is 0 Å². The van der Waals surface area contributed by atoms with Crippen LogP contribution in [0, 0.1) is 0 Å². The maximum Gasteiger partial charge on any atom is 0.114 e. The van der Waals surface area contributed by atoms with Crippen LogP contribution in [-0.2, 0) is 11.2 Å². The molecule has 0 saturated heterocycles. The van der Waals surface area contributed by atoms with E-state index in [0.29, 0.717) is 0 Å². The number of aryl methyl sites for hydroxylation is 1. The molecule has 1 aliphatic rings. The summed E-state index contributed by atoms with van der Waals surface area (Å²) in [4.78, 5) is 1.20. The van der Waals surface area contributed by atoms with Crippen molar-refractivity contribution in [2.24, 2.45) is 0 Å². The zero-order valence-corrected chi connectivity index (χ0v) is 11.2. The van der Waals surface area contributed by atoms with Crippen LogP contribution in [0.5, 0.6) is 0 Å². The van der Waals surface area contributed by atoms with Crippen LogP contribution in [0.25, 0.3) is 0 Å². The third-order valence-electron chi connectivity index (χ3n) is 2.87. The maximum atomic E-state index is 5.74. The van der Waals surface area contributed by atoms with E-state index in [-0.39, 0.29) is 6.04 Å². The summed E-state index contributed by atoms with van der Waals surface area (Å²) in [6, 6.07) is 0.122. The number of nitrogens with zero attached hydrogens (tertiary/aromatic N) is 2. The molecule has 2 rings (SSSR count). The smallest absolute Gasteiger partial charge is 0.114 e. The summed E-state index contributed by atoms with van der Waals surface area (Å²) in [5.74, 6) is 1.03. The fraction of sp³-hybridized carbons (Fsp3) is 0.667. The Morgan fingerprint density at radius 1 is 1.59 bits per heavy atom. The lowest BCUT2D eigenvalue weighted by Gasteiger charge is -2.22. The van der Waals surface area contributed by atoms with Gasteiger partial charge in [0, 0.05) is 0 Å². The monoisotopic (exact) mass is 253 g/mol. The first kappa shape index (κ1) is 12.5. The van der Waals surface area contributed by atoms with E-state index < -0.39 is 0 Å². The number of likely N-dealkylation sites (N-methyl/N-ethyl adjacent to an activating group) is 1. The van der Waals surface area contributed by atoms with Crippen molar-refractivity contribution in [2.75, 3.05) is 13.7 Å². The molecule has 1 aliphatic heterocycles. The first-order chi connectivity index (χ1) is 8.36. The molecule has 0 aromatic carbocycles. The maximum absolute atomic E-state index is 5.74. The van der Waals surface area contributed by atoms with Gasteiger partial charge in [0.2, 0.25) is 0 Å². The van der Waals surface area contributed by atoms with Crippen LogP contribution in [0.4, 0.5) is 0 Å². The van der Waals surface area contributed by atoms with Crippen LogP contribution < -0.4 is 5.32 Å². The number of ether oxygens (including phenoxy) is 1. The summed E-state index contributed by atoms with van der Waals surface area (Å²) < 4.78 is 9.81. The molecule has 0 fully saturated rings. The van der Waals surface area contributed by atoms with Crippen LogP contribution in [-0.4, -0.2) is 23.2 Å². The van der Waals surface area contributed by atoms with E-state index in [0.717, 1.165) is 43.7 Å². The van der Waals surface area contributed by atoms with Crippen molar-refractivity contribution >= 4 is 11.5 Å². The van der Waals surface area contributed by atoms with Gasteiger partial charge in [-0.3, -0.25) is 0 Å². The molecule has 1 aromatic rings. The number of rotatable bonds is 5. The average molecular weight is 253 g/mol. The molecule has 0 aliphatic carbocycles. The first-order valence-corrected chi connectivity index (χ1v) is 6.95. The molecule has 94 valence electrons. The Bertz CT molecular complexity index is 389. The van der Waals surface area contributed by atoms with Gasteiger partial charge in [-0.1, -0.05) is 17.8 Å². The molecule has 4 nitrogen and oxygen atoms in total. The van der Waals surface area contributed by atoms with Gasteiger partial charge in [0.05, 0.1) is 17.2 Å². The summed E-state index contributed by atoms with van der Waals surface area (Å²) in [6.45, 7) is 2.98. The van der Waals surface area contributed by atoms with Crippen molar-refractivity contribution in [1.82, 2.24) is 14.9 Å². The number of hydrogen-bond acceptors (Lipinski definition) is 5. The fourth-order valence-corrected chi connectivity index (χ4v) is 2.84. The summed E-state index contributed by atoms with van der Waals surface area (Å²) in [5.41, 5.74) is 1.10. The van der Waals surface area contributed by atoms with Crippen molar-refractivity contribution in [2.45, 2.75) is 38.6 Å². The lowest BCUT2D eigenvalue weighted by atomic mass is 10.1. The topological polar surface area (TPSA) is 47.0 Å². The van der Waals surface area contributed by atoms with Crippen LogP contribution in [0.2, 0.25) is 0 Å². The molecule has 17 heavy (non-hydrogen) atoms. The Balaban J connectivity index is 2.21. The predicted octanol–water partition coefficient (Wildman–Crippen LogP) is 2.45. The van der Waals surface area contributed by atoms with Gasteiger partial charge in [-0.2, -0.15) is 0 Å². The van der Waals surface area contributed by atoms with Crippen molar-refractivity contribution in [1.29, 1.82) is 0 Å². The zero-order chi connectivity index (χ0) is 12.1. The normalized spacial score (nSPS) is 17.4. The molecular weight excluding hydrogens is 234 g/mol. The van der Waals surface area contributed by atoms with E-state index >= 15 is 0 Å². The Morgan fingerprint density at radius 2 is 2.47 bits per heavy atom. The molecule has 2 heterocycles. The predicted molar refractivity (Wildman–Crippen MR) is 69.0 cm³/mol. The van der Waals surface area contributed by atoms with Crippen LogP contribution in [0.15, 0.2) is 11.8 Å². The third-order valence-corrected chi connectivity index (χ3v) is 3.70. The van der Waals surface area contributed by atoms with Crippen molar-refractivity contribution in [3.8, 4) is 0 Å². The highest BCUT2D eigenvalue weighted by atomic mass is 32.1. The van der Waals surface area contributed by atoms with Crippen molar-refractivity contribution < 1.29 is 4.74 Å². The molecule has 0 amide bonds. The summed E-state index contributed by atoms with van der Waals surface area (Å²) in [7, 11) is 1.96. The van der Waals surface area contributed by atoms with Gasteiger partial charge in [-0.15, -0.1) is 5.10 Å². The third kappa shape index (κ3) is 2.84. The van der Waals surface area contributed by atoms with E-state index in [4.69, 9.17) is 4.74 Å². The zero-order valence-electron chi connectivity index (χ0n) is 10.4. The van der Waals surface area contributed by atoms with Crippen LogP contribution in [0.1, 0.15) is 42.8 Å². The molecule has 0 bridgehead atoms. The summed E-state index contributed by atoms with van der Waals surface area (Å²) in [5, 5.41) is 7.53. The number of hydrogen-bond donors (Lipinski definition) is 1. The number of aromatic nitrogens is 2. The molecule has 1 unspecified atom stereocenters. The minimum Gasteiger partial charge on any atom is -0.496 e. The molecule has 0 radical (unpaired) electrons. The second-order valence-corrected chi connectivity index (χ2v) is 4.94. The highest BCUT2D eigenvalue weighted by Gasteiger charge is 2.23. The van der Waals surface area contributed by atoms with E-state index in [1.54, 1.807) is 0 Å². The first-order valence-electron chi connectivity index (χ1n) is 6.18. The Labute approximate surface area is 106 Å². The highest BCUT2D eigenvalue weighted by molar-refractivity contribution is 7.05. The quantitative estimate of drug-likeness (QED) is 0.875. The Morgan fingerprint density at radius 3 is 3.12 bits per heavy atom. The second kappa shape index (κ2) is 6.12. The molecule has 1 N–H and O–H groups in total. The van der Waals surface area contributed by atoms with Gasteiger partial charge in [-0.05, 0) is 43.9 Å². The molecular formula is C12H19N3OS. The van der Waals surface area contributed by atoms with E-state index in [1.807, 2.05) is 7.05 Å². The highest BCUT2D eigenvalue weighted by Crippen LogP contribution is 2.30. The van der Waals surface area contributed by atoms with Gasteiger partial charge < -0.3 is 10.1 Å². The molecule has 5 heteroatoms. The van der Waals surface area contributed by atoms with E-state index in [9.17, 15) is 0 Å². The Kier molecular flexibility index (Phi) is 4.50. The van der Waals surface area contributed by atoms with Gasteiger partial charge in [0.1, 0.15) is 11.8 Å². The number of allylic oxidation sites excluding steroid dienone is 1. The van der Waals surface area contributed by atoms with Gasteiger partial charge in [0.15, 0.2) is 0 Å². The van der Waals surface area contributed by atoms with Crippen LogP contribution in [0.3, 0.4) is 0 Å². The second-order valence-electron chi connectivity index (χ2n) is 4.15. The van der Waals surface area contributed by atoms with E-state index in [2.05, 4.69) is 27.9 Å². The fourth-order valence-electron chi connectivity index (χ4n) is 2.03. The Hall–Kier alpha value is -0.940. The van der Waals surface area contributed by atoms with Gasteiger partial charge in [-0.25, -0.2) is 0 Å². The average Bonchev–Trinajstić information content (AvgIpc) is 2.81. The van der Waals surface area contributed by atoms with Gasteiger partial charge >= 0.3 is 0 Å². The van der Waals surface area contributed by atoms with Crippen LogP contribution >= 0.6 is 11.5 Å². The minimum atomic E-state index is 0.122. The lowest BCUT2D eigenvalue weighted by molar-refractivity contribution is 0.170. The number of nitrogens with one attached hydrogen (secondary N) is 1. The minimum absolute atomic E-state index is 0.122. The molecule has 0 saturated carbocycles. The SMILES string of the molecule is CCCc1nnsc1C(NC)C1=CCCCO1.